The minimum Gasteiger partial charge on any atom is -0.478 e. The second kappa shape index (κ2) is 16.9. The van der Waals surface area contributed by atoms with Gasteiger partial charge in [0.1, 0.15) is 6.04 Å². The molecule has 0 aliphatic heterocycles. The molecule has 0 saturated heterocycles. The van der Waals surface area contributed by atoms with Gasteiger partial charge in [0.25, 0.3) is 0 Å². The average molecular weight is 438 g/mol. The molecule has 3 atom stereocenters. The number of nitrogens with zero attached hydrogens (tertiary/aromatic N) is 1. The van der Waals surface area contributed by atoms with Crippen LogP contribution in [-0.4, -0.2) is 47.5 Å². The summed E-state index contributed by atoms with van der Waals surface area (Å²) in [5.74, 6) is -1.90. The predicted octanol–water partition coefficient (Wildman–Crippen LogP) is 1.83. The number of aliphatic carboxylic acids is 1. The van der Waals surface area contributed by atoms with Crippen molar-refractivity contribution in [2.45, 2.75) is 77.8 Å². The summed E-state index contributed by atoms with van der Waals surface area (Å²) < 4.78 is 0. The van der Waals surface area contributed by atoms with Crippen molar-refractivity contribution in [3.63, 3.8) is 0 Å². The molecule has 1 unspecified atom stereocenters. The van der Waals surface area contributed by atoms with Gasteiger partial charge in [-0.25, -0.2) is 4.79 Å². The van der Waals surface area contributed by atoms with Crippen molar-refractivity contribution in [3.8, 4) is 0 Å². The van der Waals surface area contributed by atoms with Gasteiger partial charge < -0.3 is 27.2 Å². The Kier molecular flexibility index (Phi) is 15.4. The Bertz CT molecular complexity index is 642. The van der Waals surface area contributed by atoms with Crippen LogP contribution in [0.4, 0.5) is 0 Å². The van der Waals surface area contributed by atoms with E-state index >= 15 is 0 Å². The quantitative estimate of drug-likeness (QED) is 0.107. The van der Waals surface area contributed by atoms with Crippen LogP contribution in [0.2, 0.25) is 0 Å². The van der Waals surface area contributed by atoms with E-state index in [-0.39, 0.29) is 23.7 Å². The fourth-order valence-electron chi connectivity index (χ4n) is 2.81. The van der Waals surface area contributed by atoms with Gasteiger partial charge in [0.2, 0.25) is 11.8 Å². The third-order valence-electron chi connectivity index (χ3n) is 4.80. The number of nitrogens with two attached hydrogens (primary N) is 2. The van der Waals surface area contributed by atoms with Gasteiger partial charge in [-0.15, -0.1) is 0 Å². The molecule has 176 valence electrons. The lowest BCUT2D eigenvalue weighted by molar-refractivity contribution is -0.131. The number of allylic oxidation sites excluding steroid dienone is 1. The van der Waals surface area contributed by atoms with Crippen LogP contribution in [-0.2, 0) is 14.4 Å². The Balaban J connectivity index is 5.08. The van der Waals surface area contributed by atoms with Crippen LogP contribution in [0.15, 0.2) is 29.3 Å². The standard InChI is InChI=1S/C22H39N5O4/c1-4-6-7-8-9-12-18(28)27-20(16(3)5-2)21(31)26-17(13-14-19(29)30)11-10-15-25-22(23)24/h9,12-14,16-17,20H,4-8,10-11,15H2,1-3H3,(H,26,31)(H,27,28)(H,29,30)(H4,23,24,25)/b12-9+,14-13+/t16?,17-,20-/m0/s1. The van der Waals surface area contributed by atoms with Gasteiger partial charge in [-0.3, -0.25) is 14.6 Å². The van der Waals surface area contributed by atoms with Crippen molar-refractivity contribution in [1.82, 2.24) is 10.6 Å². The van der Waals surface area contributed by atoms with E-state index in [1.165, 1.54) is 12.2 Å². The monoisotopic (exact) mass is 437 g/mol. The molecule has 0 spiro atoms. The highest BCUT2D eigenvalue weighted by Gasteiger charge is 2.26. The van der Waals surface area contributed by atoms with Crippen molar-refractivity contribution in [2.75, 3.05) is 6.54 Å². The molecule has 0 aromatic carbocycles. The largest absolute Gasteiger partial charge is 0.478 e. The Labute approximate surface area is 185 Å². The maximum Gasteiger partial charge on any atom is 0.328 e. The fourth-order valence-corrected chi connectivity index (χ4v) is 2.81. The normalized spacial score (nSPS) is 14.2. The number of guanidine groups is 1. The lowest BCUT2D eigenvalue weighted by atomic mass is 9.97. The van der Waals surface area contributed by atoms with E-state index in [1.807, 2.05) is 19.9 Å². The minimum absolute atomic E-state index is 0.0241. The van der Waals surface area contributed by atoms with Crippen LogP contribution in [0.5, 0.6) is 0 Å². The number of amides is 2. The number of nitrogens with one attached hydrogen (secondary N) is 2. The molecule has 2 amide bonds. The predicted molar refractivity (Wildman–Crippen MR) is 123 cm³/mol. The molecule has 7 N–H and O–H groups in total. The lowest BCUT2D eigenvalue weighted by Gasteiger charge is -2.25. The molecule has 0 aliphatic carbocycles. The molecule has 0 aromatic heterocycles. The molecule has 0 aliphatic rings. The number of carbonyl (C=O) groups is 3. The van der Waals surface area contributed by atoms with Crippen LogP contribution >= 0.6 is 0 Å². The van der Waals surface area contributed by atoms with Crippen LogP contribution < -0.4 is 22.1 Å². The number of hydrogen-bond acceptors (Lipinski definition) is 4. The lowest BCUT2D eigenvalue weighted by Crippen LogP contribution is -2.52. The highest BCUT2D eigenvalue weighted by Crippen LogP contribution is 2.10. The zero-order valence-corrected chi connectivity index (χ0v) is 19.0. The number of carbonyl (C=O) groups excluding carboxylic acids is 2. The molecular weight excluding hydrogens is 398 g/mol. The SMILES string of the molecule is CCCCC/C=C/C(=O)N[C@H](C(=O)N[C@H](/C=C/C(=O)O)CCCN=C(N)N)C(C)CC. The van der Waals surface area contributed by atoms with E-state index in [0.717, 1.165) is 31.8 Å². The Morgan fingerprint density at radius 1 is 1.06 bits per heavy atom. The van der Waals surface area contributed by atoms with Crippen molar-refractivity contribution >= 4 is 23.7 Å². The van der Waals surface area contributed by atoms with Crippen molar-refractivity contribution in [2.24, 2.45) is 22.4 Å². The zero-order chi connectivity index (χ0) is 23.6. The van der Waals surface area contributed by atoms with Crippen LogP contribution in [0.1, 0.15) is 65.7 Å². The molecule has 0 radical (unpaired) electrons. The Morgan fingerprint density at radius 3 is 2.35 bits per heavy atom. The topological polar surface area (TPSA) is 160 Å². The van der Waals surface area contributed by atoms with Gasteiger partial charge in [-0.05, 0) is 37.7 Å². The van der Waals surface area contributed by atoms with Crippen LogP contribution in [0, 0.1) is 5.92 Å². The van der Waals surface area contributed by atoms with Gasteiger partial charge in [-0.2, -0.15) is 0 Å². The summed E-state index contributed by atoms with van der Waals surface area (Å²) in [6, 6.07) is -1.25. The summed E-state index contributed by atoms with van der Waals surface area (Å²) in [7, 11) is 0. The van der Waals surface area contributed by atoms with E-state index < -0.39 is 18.1 Å². The van der Waals surface area contributed by atoms with E-state index in [4.69, 9.17) is 16.6 Å². The number of hydrogen-bond donors (Lipinski definition) is 5. The van der Waals surface area contributed by atoms with E-state index in [0.29, 0.717) is 25.8 Å². The van der Waals surface area contributed by atoms with Gasteiger partial charge in [0, 0.05) is 18.7 Å². The summed E-state index contributed by atoms with van der Waals surface area (Å²) in [5.41, 5.74) is 10.6. The van der Waals surface area contributed by atoms with Crippen LogP contribution in [0.3, 0.4) is 0 Å². The highest BCUT2D eigenvalue weighted by atomic mass is 16.4. The van der Waals surface area contributed by atoms with E-state index in [2.05, 4.69) is 22.5 Å². The summed E-state index contributed by atoms with van der Waals surface area (Å²) in [6.45, 7) is 6.31. The maximum absolute atomic E-state index is 12.9. The summed E-state index contributed by atoms with van der Waals surface area (Å²) >= 11 is 0. The van der Waals surface area contributed by atoms with Crippen molar-refractivity contribution in [1.29, 1.82) is 0 Å². The summed E-state index contributed by atoms with van der Waals surface area (Å²) in [5, 5.41) is 14.5. The zero-order valence-electron chi connectivity index (χ0n) is 19.0. The molecular formula is C22H39N5O4. The second-order valence-electron chi connectivity index (χ2n) is 7.53. The van der Waals surface area contributed by atoms with Crippen LogP contribution in [0.25, 0.3) is 0 Å². The fraction of sp³-hybridized carbons (Fsp3) is 0.636. The smallest absolute Gasteiger partial charge is 0.328 e. The van der Waals surface area contributed by atoms with Crippen molar-refractivity contribution in [3.05, 3.63) is 24.3 Å². The first-order valence-electron chi connectivity index (χ1n) is 10.9. The minimum atomic E-state index is -1.11. The van der Waals surface area contributed by atoms with Gasteiger partial charge in [0.05, 0.1) is 0 Å². The first kappa shape index (κ1) is 28.2. The first-order valence-corrected chi connectivity index (χ1v) is 10.9. The molecule has 9 nitrogen and oxygen atoms in total. The molecule has 0 fully saturated rings. The molecule has 31 heavy (non-hydrogen) atoms. The summed E-state index contributed by atoms with van der Waals surface area (Å²) in [6.07, 6.45) is 11.4. The molecule has 0 rings (SSSR count). The third-order valence-corrected chi connectivity index (χ3v) is 4.80. The van der Waals surface area contributed by atoms with Gasteiger partial charge in [-0.1, -0.05) is 52.2 Å². The molecule has 9 heteroatoms. The molecule has 0 saturated carbocycles. The molecule has 0 heterocycles. The maximum atomic E-state index is 12.9. The number of aliphatic imine (C=N–C) groups is 1. The molecule has 0 bridgehead atoms. The number of carboxylic acids is 1. The first-order chi connectivity index (χ1) is 14.7. The second-order valence-corrected chi connectivity index (χ2v) is 7.53. The van der Waals surface area contributed by atoms with Crippen molar-refractivity contribution < 1.29 is 19.5 Å². The number of carboxylic acid groups (broad SMARTS) is 1. The molecule has 0 aromatic rings. The number of unbranched alkanes of at least 4 members (excludes halogenated alkanes) is 3. The summed E-state index contributed by atoms with van der Waals surface area (Å²) in [4.78, 5) is 39.9. The third kappa shape index (κ3) is 14.7. The average Bonchev–Trinajstić information content (AvgIpc) is 2.71. The van der Waals surface area contributed by atoms with E-state index in [9.17, 15) is 14.4 Å². The van der Waals surface area contributed by atoms with Gasteiger partial charge in [0.15, 0.2) is 5.96 Å². The highest BCUT2D eigenvalue weighted by molar-refractivity contribution is 5.93. The van der Waals surface area contributed by atoms with Gasteiger partial charge >= 0.3 is 5.97 Å². The number of rotatable bonds is 16. The Morgan fingerprint density at radius 2 is 1.77 bits per heavy atom. The van der Waals surface area contributed by atoms with E-state index in [1.54, 1.807) is 0 Å². The Hall–Kier alpha value is -2.84.